The molecule has 1 fully saturated rings. The Morgan fingerprint density at radius 3 is 2.86 bits per heavy atom. The number of halogens is 1. The van der Waals surface area contributed by atoms with E-state index in [1.54, 1.807) is 18.2 Å². The van der Waals surface area contributed by atoms with Gasteiger partial charge in [0.25, 0.3) is 5.91 Å². The van der Waals surface area contributed by atoms with Crippen molar-refractivity contribution < 1.29 is 19.1 Å². The molecule has 2 aliphatic rings. The number of benzene rings is 1. The minimum Gasteiger partial charge on any atom is -0.479 e. The average molecular weight is 410 g/mol. The van der Waals surface area contributed by atoms with Gasteiger partial charge in [0.05, 0.1) is 30.0 Å². The quantitative estimate of drug-likeness (QED) is 0.612. The van der Waals surface area contributed by atoms with Crippen LogP contribution in [0, 0.1) is 0 Å². The summed E-state index contributed by atoms with van der Waals surface area (Å²) in [5.41, 5.74) is 9.27. The molecular formula is C18H24ClN5O4. The summed E-state index contributed by atoms with van der Waals surface area (Å²) in [7, 11) is 0. The zero-order valence-corrected chi connectivity index (χ0v) is 16.4. The van der Waals surface area contributed by atoms with E-state index >= 15 is 0 Å². The molecule has 0 spiro atoms. The Bertz CT molecular complexity index is 766. The standard InChI is InChI=1S/C18H24ClN5O4/c1-11-16(22-23-18(26)21-11)12-2-3-14(13(19)10-12)28-15(17(20)25)4-5-24-6-8-27-9-7-24/h2-3,10-11,15H,4-9H2,1H3,(H2,20,25)(H2,21,23,26). The van der Waals surface area contributed by atoms with Crippen molar-refractivity contribution in [3.63, 3.8) is 0 Å². The summed E-state index contributed by atoms with van der Waals surface area (Å²) >= 11 is 6.36. The van der Waals surface area contributed by atoms with Crippen molar-refractivity contribution in [2.24, 2.45) is 10.8 Å². The van der Waals surface area contributed by atoms with Crippen LogP contribution in [0.15, 0.2) is 23.3 Å². The fourth-order valence-corrected chi connectivity index (χ4v) is 3.34. The number of nitrogens with two attached hydrogens (primary N) is 1. The van der Waals surface area contributed by atoms with Crippen LogP contribution < -0.4 is 21.2 Å². The summed E-state index contributed by atoms with van der Waals surface area (Å²) in [5, 5.41) is 7.13. The maximum absolute atomic E-state index is 11.8. The van der Waals surface area contributed by atoms with Gasteiger partial charge in [-0.2, -0.15) is 5.10 Å². The molecule has 2 unspecified atom stereocenters. The summed E-state index contributed by atoms with van der Waals surface area (Å²) in [6, 6.07) is 4.52. The summed E-state index contributed by atoms with van der Waals surface area (Å²) in [4.78, 5) is 25.3. The van der Waals surface area contributed by atoms with Crippen LogP contribution in [-0.4, -0.2) is 67.5 Å². The van der Waals surface area contributed by atoms with Crippen molar-refractivity contribution in [2.75, 3.05) is 32.8 Å². The second-order valence-electron chi connectivity index (χ2n) is 6.70. The van der Waals surface area contributed by atoms with Gasteiger partial charge < -0.3 is 20.5 Å². The van der Waals surface area contributed by atoms with Crippen molar-refractivity contribution in [1.29, 1.82) is 0 Å². The number of urea groups is 1. The van der Waals surface area contributed by atoms with Crippen LogP contribution in [-0.2, 0) is 9.53 Å². The van der Waals surface area contributed by atoms with Gasteiger partial charge in [-0.15, -0.1) is 0 Å². The molecule has 4 N–H and O–H groups in total. The fraction of sp³-hybridized carbons (Fsp3) is 0.500. The maximum atomic E-state index is 11.8. The molecule has 0 aromatic heterocycles. The van der Waals surface area contributed by atoms with Crippen molar-refractivity contribution in [3.05, 3.63) is 28.8 Å². The third-order valence-electron chi connectivity index (χ3n) is 4.66. The van der Waals surface area contributed by atoms with Gasteiger partial charge in [0.15, 0.2) is 6.10 Å². The van der Waals surface area contributed by atoms with Crippen LogP contribution in [0.4, 0.5) is 4.79 Å². The Balaban J connectivity index is 1.66. The summed E-state index contributed by atoms with van der Waals surface area (Å²) in [6.45, 7) is 5.54. The Morgan fingerprint density at radius 1 is 1.46 bits per heavy atom. The molecule has 152 valence electrons. The number of primary amides is 1. The molecule has 1 aromatic carbocycles. The molecule has 1 saturated heterocycles. The number of morpholine rings is 1. The number of amides is 3. The first kappa shape index (κ1) is 20.4. The summed E-state index contributed by atoms with van der Waals surface area (Å²) in [6.07, 6.45) is -0.314. The predicted molar refractivity (Wildman–Crippen MR) is 105 cm³/mol. The molecule has 0 bridgehead atoms. The number of carbonyl (C=O) groups is 2. The van der Waals surface area contributed by atoms with Gasteiger partial charge in [0, 0.05) is 31.6 Å². The second kappa shape index (κ2) is 9.22. The highest BCUT2D eigenvalue weighted by molar-refractivity contribution is 6.32. The lowest BCUT2D eigenvalue weighted by Crippen LogP contribution is -2.48. The van der Waals surface area contributed by atoms with E-state index < -0.39 is 12.0 Å². The molecule has 10 heteroatoms. The van der Waals surface area contributed by atoms with Crippen LogP contribution in [0.3, 0.4) is 0 Å². The third-order valence-corrected chi connectivity index (χ3v) is 4.96. The topological polar surface area (TPSA) is 118 Å². The van der Waals surface area contributed by atoms with Gasteiger partial charge >= 0.3 is 6.03 Å². The number of nitrogens with zero attached hydrogens (tertiary/aromatic N) is 2. The fourth-order valence-electron chi connectivity index (χ4n) is 3.11. The van der Waals surface area contributed by atoms with E-state index in [0.717, 1.165) is 18.7 Å². The zero-order valence-electron chi connectivity index (χ0n) is 15.6. The van der Waals surface area contributed by atoms with E-state index in [9.17, 15) is 9.59 Å². The lowest BCUT2D eigenvalue weighted by molar-refractivity contribution is -0.125. The molecule has 2 atom stereocenters. The van der Waals surface area contributed by atoms with Gasteiger partial charge in [-0.1, -0.05) is 11.6 Å². The Kier molecular flexibility index (Phi) is 6.71. The van der Waals surface area contributed by atoms with Crippen molar-refractivity contribution in [2.45, 2.75) is 25.5 Å². The Hall–Kier alpha value is -2.36. The molecule has 3 rings (SSSR count). The minimum absolute atomic E-state index is 0.261. The molecule has 0 radical (unpaired) electrons. The minimum atomic E-state index is -0.780. The maximum Gasteiger partial charge on any atom is 0.335 e. The average Bonchev–Trinajstić information content (AvgIpc) is 2.67. The highest BCUT2D eigenvalue weighted by Crippen LogP contribution is 2.28. The molecule has 0 saturated carbocycles. The summed E-state index contributed by atoms with van der Waals surface area (Å²) in [5.74, 6) is -0.164. The van der Waals surface area contributed by atoms with Crippen LogP contribution in [0.2, 0.25) is 5.02 Å². The first-order chi connectivity index (χ1) is 13.4. The number of ether oxygens (including phenoxy) is 2. The Morgan fingerprint density at radius 2 is 2.21 bits per heavy atom. The molecule has 0 aliphatic carbocycles. The first-order valence-corrected chi connectivity index (χ1v) is 9.52. The highest BCUT2D eigenvalue weighted by atomic mass is 35.5. The summed E-state index contributed by atoms with van der Waals surface area (Å²) < 4.78 is 11.1. The monoisotopic (exact) mass is 409 g/mol. The van der Waals surface area contributed by atoms with Crippen LogP contribution in [0.25, 0.3) is 0 Å². The largest absolute Gasteiger partial charge is 0.479 e. The number of hydrogen-bond acceptors (Lipinski definition) is 6. The number of carbonyl (C=O) groups excluding carboxylic acids is 2. The normalized spacial score (nSPS) is 21.3. The molecule has 1 aromatic rings. The smallest absolute Gasteiger partial charge is 0.335 e. The molecule has 2 aliphatic heterocycles. The zero-order chi connectivity index (χ0) is 20.1. The van der Waals surface area contributed by atoms with Crippen LogP contribution >= 0.6 is 11.6 Å². The van der Waals surface area contributed by atoms with Crippen molar-refractivity contribution >= 4 is 29.3 Å². The van der Waals surface area contributed by atoms with E-state index in [1.165, 1.54) is 0 Å². The lowest BCUT2D eigenvalue weighted by Gasteiger charge is -2.28. The number of rotatable bonds is 7. The van der Waals surface area contributed by atoms with Gasteiger partial charge in [0.1, 0.15) is 5.75 Å². The van der Waals surface area contributed by atoms with E-state index in [-0.39, 0.29) is 12.1 Å². The van der Waals surface area contributed by atoms with Crippen molar-refractivity contribution in [1.82, 2.24) is 15.6 Å². The molecule has 9 nitrogen and oxygen atoms in total. The van der Waals surface area contributed by atoms with E-state index in [0.29, 0.717) is 42.7 Å². The number of hydrazone groups is 1. The van der Waals surface area contributed by atoms with Gasteiger partial charge in [0.2, 0.25) is 0 Å². The highest BCUT2D eigenvalue weighted by Gasteiger charge is 2.23. The predicted octanol–water partition coefficient (Wildman–Crippen LogP) is 0.700. The SMILES string of the molecule is CC1NC(=O)NN=C1c1ccc(OC(CCN2CCOCC2)C(N)=O)c(Cl)c1. The second-order valence-corrected chi connectivity index (χ2v) is 7.11. The van der Waals surface area contributed by atoms with Gasteiger partial charge in [-0.3, -0.25) is 9.69 Å². The van der Waals surface area contributed by atoms with Gasteiger partial charge in [-0.25, -0.2) is 10.2 Å². The van der Waals surface area contributed by atoms with Gasteiger partial charge in [-0.05, 0) is 25.1 Å². The number of nitrogens with one attached hydrogen (secondary N) is 2. The van der Waals surface area contributed by atoms with E-state index in [1.807, 2.05) is 6.92 Å². The van der Waals surface area contributed by atoms with Crippen molar-refractivity contribution in [3.8, 4) is 5.75 Å². The molecule has 28 heavy (non-hydrogen) atoms. The third kappa shape index (κ3) is 5.12. The Labute approximate surface area is 168 Å². The molecule has 2 heterocycles. The van der Waals surface area contributed by atoms with E-state index in [4.69, 9.17) is 26.8 Å². The molecule has 3 amide bonds. The molecular weight excluding hydrogens is 386 g/mol. The number of hydrogen-bond donors (Lipinski definition) is 3. The first-order valence-electron chi connectivity index (χ1n) is 9.14. The lowest BCUT2D eigenvalue weighted by atomic mass is 10.0. The van der Waals surface area contributed by atoms with E-state index in [2.05, 4.69) is 20.7 Å². The van der Waals surface area contributed by atoms with Crippen LogP contribution in [0.5, 0.6) is 5.75 Å². The van der Waals surface area contributed by atoms with Crippen LogP contribution in [0.1, 0.15) is 18.9 Å².